The van der Waals surface area contributed by atoms with Crippen molar-refractivity contribution in [3.8, 4) is 5.88 Å². The molecule has 0 atom stereocenters. The van der Waals surface area contributed by atoms with Crippen LogP contribution in [0.4, 0.5) is 13.2 Å². The van der Waals surface area contributed by atoms with Gasteiger partial charge in [-0.1, -0.05) is 12.1 Å². The molecule has 0 aliphatic heterocycles. The molecule has 0 amide bonds. The Labute approximate surface area is 140 Å². The van der Waals surface area contributed by atoms with Crippen molar-refractivity contribution in [2.24, 2.45) is 0 Å². The Morgan fingerprint density at radius 2 is 1.91 bits per heavy atom. The van der Waals surface area contributed by atoms with Crippen molar-refractivity contribution in [2.75, 3.05) is 6.61 Å². The van der Waals surface area contributed by atoms with Gasteiger partial charge in [0.1, 0.15) is 11.2 Å². The second-order valence-electron chi connectivity index (χ2n) is 4.90. The van der Waals surface area contributed by atoms with E-state index in [0.29, 0.717) is 34.5 Å². The van der Waals surface area contributed by atoms with Gasteiger partial charge in [-0.2, -0.15) is 13.2 Å². The van der Waals surface area contributed by atoms with E-state index in [2.05, 4.69) is 20.9 Å². The fourth-order valence-corrected chi connectivity index (χ4v) is 2.39. The molecule has 124 valence electrons. The number of aromatic nitrogens is 1. The van der Waals surface area contributed by atoms with Crippen LogP contribution < -0.4 is 4.74 Å². The number of benzene rings is 1. The number of aliphatic hydroxyl groups is 1. The van der Waals surface area contributed by atoms with E-state index in [9.17, 15) is 13.2 Å². The van der Waals surface area contributed by atoms with Crippen LogP contribution in [0.25, 0.3) is 0 Å². The number of pyridine rings is 1. The van der Waals surface area contributed by atoms with Crippen LogP contribution in [0.2, 0.25) is 0 Å². The summed E-state index contributed by atoms with van der Waals surface area (Å²) in [5, 5.41) is 8.92. The zero-order valence-corrected chi connectivity index (χ0v) is 13.7. The second-order valence-corrected chi connectivity index (χ2v) is 5.71. The lowest BCUT2D eigenvalue weighted by molar-refractivity contribution is -0.137. The molecule has 1 N–H and O–H groups in total. The minimum Gasteiger partial charge on any atom is -0.473 e. The topological polar surface area (TPSA) is 42.4 Å². The van der Waals surface area contributed by atoms with E-state index >= 15 is 0 Å². The maximum atomic E-state index is 12.8. The number of aryl methyl sites for hydroxylation is 1. The quantitative estimate of drug-likeness (QED) is 0.746. The first-order valence-electron chi connectivity index (χ1n) is 6.95. The molecule has 0 aliphatic rings. The van der Waals surface area contributed by atoms with Gasteiger partial charge in [0.2, 0.25) is 5.88 Å². The monoisotopic (exact) mass is 389 g/mol. The minimum absolute atomic E-state index is 0.0796. The Kier molecular flexibility index (Phi) is 6.01. The molecule has 1 aromatic heterocycles. The van der Waals surface area contributed by atoms with Crippen molar-refractivity contribution in [3.63, 3.8) is 0 Å². The molecule has 0 saturated carbocycles. The van der Waals surface area contributed by atoms with Crippen molar-refractivity contribution in [2.45, 2.75) is 25.6 Å². The molecule has 1 heterocycles. The van der Waals surface area contributed by atoms with Crippen LogP contribution in [0.1, 0.15) is 23.1 Å². The molecule has 0 spiro atoms. The highest BCUT2D eigenvalue weighted by Crippen LogP contribution is 2.31. The molecule has 0 aliphatic carbocycles. The van der Waals surface area contributed by atoms with E-state index in [4.69, 9.17) is 9.84 Å². The summed E-state index contributed by atoms with van der Waals surface area (Å²) in [5.74, 6) is 0.382. The lowest BCUT2D eigenvalue weighted by atomic mass is 10.00. The van der Waals surface area contributed by atoms with E-state index in [1.807, 2.05) is 0 Å². The van der Waals surface area contributed by atoms with Gasteiger partial charge in [0.05, 0.1) is 5.56 Å². The number of rotatable bonds is 6. The fourth-order valence-electron chi connectivity index (χ4n) is 2.07. The Morgan fingerprint density at radius 3 is 2.57 bits per heavy atom. The average Bonchev–Trinajstić information content (AvgIpc) is 2.50. The lowest BCUT2D eigenvalue weighted by Gasteiger charge is -2.14. The van der Waals surface area contributed by atoms with Crippen molar-refractivity contribution in [1.29, 1.82) is 0 Å². The van der Waals surface area contributed by atoms with Crippen molar-refractivity contribution >= 4 is 15.9 Å². The zero-order chi connectivity index (χ0) is 16.9. The molecular formula is C16H15BrF3NO2. The molecule has 3 nitrogen and oxygen atoms in total. The Balaban J connectivity index is 2.19. The molecule has 23 heavy (non-hydrogen) atoms. The molecule has 1 aromatic carbocycles. The van der Waals surface area contributed by atoms with E-state index in [0.717, 1.165) is 12.1 Å². The van der Waals surface area contributed by atoms with Crippen molar-refractivity contribution in [1.82, 2.24) is 4.98 Å². The molecule has 2 rings (SSSR count). The zero-order valence-electron chi connectivity index (χ0n) is 12.1. The summed E-state index contributed by atoms with van der Waals surface area (Å²) in [7, 11) is 0. The second kappa shape index (κ2) is 7.79. The van der Waals surface area contributed by atoms with Gasteiger partial charge in [0.15, 0.2) is 0 Å². The number of alkyl halides is 3. The van der Waals surface area contributed by atoms with Gasteiger partial charge < -0.3 is 9.84 Å². The Bertz CT molecular complexity index is 662. The fraction of sp³-hybridized carbons (Fsp3) is 0.312. The first-order chi connectivity index (χ1) is 10.9. The number of nitrogens with zero attached hydrogens (tertiary/aromatic N) is 1. The summed E-state index contributed by atoms with van der Waals surface area (Å²) in [6.07, 6.45) is -3.65. The van der Waals surface area contributed by atoms with Gasteiger partial charge in [0.25, 0.3) is 0 Å². The Morgan fingerprint density at radius 1 is 1.13 bits per heavy atom. The summed E-state index contributed by atoms with van der Waals surface area (Å²) >= 11 is 3.22. The summed E-state index contributed by atoms with van der Waals surface area (Å²) < 4.78 is 44.6. The van der Waals surface area contributed by atoms with Crippen LogP contribution in [0.5, 0.6) is 5.88 Å². The number of halogens is 4. The molecular weight excluding hydrogens is 375 g/mol. The van der Waals surface area contributed by atoms with Gasteiger partial charge in [-0.3, -0.25) is 0 Å². The molecule has 0 unspecified atom stereocenters. The van der Waals surface area contributed by atoms with Gasteiger partial charge in [-0.15, -0.1) is 0 Å². The highest BCUT2D eigenvalue weighted by atomic mass is 79.9. The third kappa shape index (κ3) is 5.21. The van der Waals surface area contributed by atoms with Crippen molar-refractivity contribution in [3.05, 3.63) is 57.7 Å². The third-order valence-electron chi connectivity index (χ3n) is 3.20. The predicted octanol–water partition coefficient (Wildman–Crippen LogP) is 4.37. The first kappa shape index (κ1) is 17.7. The summed E-state index contributed by atoms with van der Waals surface area (Å²) in [4.78, 5) is 4.11. The van der Waals surface area contributed by atoms with Gasteiger partial charge in [0, 0.05) is 12.7 Å². The summed E-state index contributed by atoms with van der Waals surface area (Å²) in [6, 6.07) is 8.73. The van der Waals surface area contributed by atoms with Gasteiger partial charge in [-0.05, 0) is 58.1 Å². The molecule has 2 aromatic rings. The lowest BCUT2D eigenvalue weighted by Crippen LogP contribution is -2.09. The normalized spacial score (nSPS) is 11.5. The van der Waals surface area contributed by atoms with Crippen molar-refractivity contribution < 1.29 is 23.0 Å². The number of aliphatic hydroxyl groups excluding tert-OH is 1. The molecule has 0 fully saturated rings. The molecule has 0 saturated heterocycles. The minimum atomic E-state index is -4.39. The molecule has 0 radical (unpaired) electrons. The summed E-state index contributed by atoms with van der Waals surface area (Å²) in [5.41, 5.74) is 0.465. The predicted molar refractivity (Wildman–Crippen MR) is 83.1 cm³/mol. The van der Waals surface area contributed by atoms with Crippen LogP contribution in [-0.4, -0.2) is 16.7 Å². The van der Waals surface area contributed by atoms with Crippen LogP contribution in [0.3, 0.4) is 0 Å². The van der Waals surface area contributed by atoms with E-state index in [1.54, 1.807) is 18.2 Å². The maximum absolute atomic E-state index is 12.8. The third-order valence-corrected chi connectivity index (χ3v) is 3.64. The van der Waals surface area contributed by atoms with Crippen LogP contribution in [0, 0.1) is 0 Å². The average molecular weight is 390 g/mol. The smallest absolute Gasteiger partial charge is 0.416 e. The number of hydrogen-bond acceptors (Lipinski definition) is 3. The Hall–Kier alpha value is -1.60. The van der Waals surface area contributed by atoms with Gasteiger partial charge >= 0.3 is 6.18 Å². The van der Waals surface area contributed by atoms with E-state index < -0.39 is 11.7 Å². The van der Waals surface area contributed by atoms with Crippen LogP contribution >= 0.6 is 15.9 Å². The first-order valence-corrected chi connectivity index (χ1v) is 7.74. The maximum Gasteiger partial charge on any atom is 0.416 e. The van der Waals surface area contributed by atoms with Crippen LogP contribution in [-0.2, 0) is 19.2 Å². The SMILES string of the molecule is OCCCc1cc(C(F)(F)F)ccc1COc1cccc(Br)n1. The highest BCUT2D eigenvalue weighted by Gasteiger charge is 2.30. The standard InChI is InChI=1S/C16H15BrF3NO2/c17-14-4-1-5-15(21-14)23-10-12-6-7-13(16(18,19)20)9-11(12)3-2-8-22/h1,4-7,9,22H,2-3,8,10H2. The molecule has 7 heteroatoms. The number of ether oxygens (including phenoxy) is 1. The van der Waals surface area contributed by atoms with E-state index in [1.165, 1.54) is 6.07 Å². The molecule has 0 bridgehead atoms. The summed E-state index contributed by atoms with van der Waals surface area (Å²) in [6.45, 7) is 0.0338. The van der Waals surface area contributed by atoms with E-state index in [-0.39, 0.29) is 13.2 Å². The highest BCUT2D eigenvalue weighted by molar-refractivity contribution is 9.10. The van der Waals surface area contributed by atoms with Crippen LogP contribution in [0.15, 0.2) is 41.0 Å². The van der Waals surface area contributed by atoms with Gasteiger partial charge in [-0.25, -0.2) is 4.98 Å². The largest absolute Gasteiger partial charge is 0.473 e. The number of hydrogen-bond donors (Lipinski definition) is 1.